The van der Waals surface area contributed by atoms with E-state index in [4.69, 9.17) is 19.2 Å². The van der Waals surface area contributed by atoms with Gasteiger partial charge in [-0.25, -0.2) is 4.98 Å². The molecule has 42 heavy (non-hydrogen) atoms. The number of carbonyl (C=O) groups is 1. The number of anilines is 1. The lowest BCUT2D eigenvalue weighted by atomic mass is 9.87. The van der Waals surface area contributed by atoms with Crippen molar-refractivity contribution in [3.8, 4) is 17.0 Å². The lowest BCUT2D eigenvalue weighted by Gasteiger charge is -2.35. The molecule has 2 saturated heterocycles. The average molecular weight is 572 g/mol. The second kappa shape index (κ2) is 12.8. The Morgan fingerprint density at radius 1 is 1.10 bits per heavy atom. The van der Waals surface area contributed by atoms with Crippen LogP contribution in [0.4, 0.5) is 5.82 Å². The number of pyridine rings is 1. The van der Waals surface area contributed by atoms with Crippen molar-refractivity contribution in [1.82, 2.24) is 9.88 Å². The number of carboxylic acids is 1. The topological polar surface area (TPSA) is 84.4 Å². The summed E-state index contributed by atoms with van der Waals surface area (Å²) in [6, 6.07) is 18.6. The highest BCUT2D eigenvalue weighted by molar-refractivity contribution is 5.71. The minimum atomic E-state index is -0.702. The number of hydrogen-bond acceptors (Lipinski definition) is 7. The Morgan fingerprint density at radius 2 is 1.98 bits per heavy atom. The quantitative estimate of drug-likeness (QED) is 0.407. The summed E-state index contributed by atoms with van der Waals surface area (Å²) in [5, 5.41) is 9.50. The lowest BCUT2D eigenvalue weighted by Crippen LogP contribution is -2.42. The molecule has 222 valence electrons. The molecule has 3 atom stereocenters. The molecule has 0 bridgehead atoms. The first kappa shape index (κ1) is 28.6. The molecule has 1 aromatic heterocycles. The van der Waals surface area contributed by atoms with Gasteiger partial charge in [-0.1, -0.05) is 37.3 Å². The van der Waals surface area contributed by atoms with Crippen molar-refractivity contribution in [3.63, 3.8) is 0 Å². The van der Waals surface area contributed by atoms with Crippen LogP contribution in [0.15, 0.2) is 54.6 Å². The van der Waals surface area contributed by atoms with Crippen molar-refractivity contribution < 1.29 is 24.1 Å². The van der Waals surface area contributed by atoms with Crippen molar-refractivity contribution in [2.45, 2.75) is 45.9 Å². The van der Waals surface area contributed by atoms with Gasteiger partial charge in [0.1, 0.15) is 18.2 Å². The minimum Gasteiger partial charge on any atom is -0.488 e. The zero-order chi connectivity index (χ0) is 29.1. The van der Waals surface area contributed by atoms with E-state index in [9.17, 15) is 9.90 Å². The molecule has 3 aromatic rings. The molecule has 0 saturated carbocycles. The van der Waals surface area contributed by atoms with Gasteiger partial charge in [-0.2, -0.15) is 0 Å². The number of ether oxygens (including phenoxy) is 3. The molecule has 0 radical (unpaired) electrons. The molecule has 0 amide bonds. The average Bonchev–Trinajstić information content (AvgIpc) is 3.01. The van der Waals surface area contributed by atoms with Gasteiger partial charge >= 0.3 is 5.97 Å². The largest absolute Gasteiger partial charge is 0.488 e. The highest BCUT2D eigenvalue weighted by Gasteiger charge is 2.31. The molecule has 3 aliphatic heterocycles. The summed E-state index contributed by atoms with van der Waals surface area (Å²) in [7, 11) is 0. The number of rotatable bonds is 8. The molecular weight excluding hydrogens is 530 g/mol. The number of aromatic nitrogens is 1. The van der Waals surface area contributed by atoms with Gasteiger partial charge in [-0.15, -0.1) is 0 Å². The number of nitrogens with zero attached hydrogens (tertiary/aromatic N) is 3. The second-order valence-corrected chi connectivity index (χ2v) is 11.9. The number of piperidine rings is 1. The molecule has 6 rings (SSSR count). The van der Waals surface area contributed by atoms with Gasteiger partial charge in [0.25, 0.3) is 0 Å². The van der Waals surface area contributed by atoms with Crippen LogP contribution in [-0.2, 0) is 33.8 Å². The summed E-state index contributed by atoms with van der Waals surface area (Å²) >= 11 is 0. The normalized spacial score (nSPS) is 22.9. The lowest BCUT2D eigenvalue weighted by molar-refractivity contribution is -0.144. The van der Waals surface area contributed by atoms with Crippen molar-refractivity contribution in [1.29, 1.82) is 0 Å². The molecule has 3 aliphatic rings. The number of para-hydroxylation sites is 1. The van der Waals surface area contributed by atoms with Crippen LogP contribution in [0.3, 0.4) is 0 Å². The van der Waals surface area contributed by atoms with Crippen molar-refractivity contribution >= 4 is 11.8 Å². The standard InChI is InChI=1S/C34H41N3O5/c1-23-18-37(15-13-28(23)34(38)39)33-9-5-7-31(35-33)30-6-3-4-8-32(30)42-21-26-11-10-25-19-36(14-12-29(25)24(26)2)20-27-22-40-16-17-41-27/h3-11,23,27-28H,12-22H2,1-2H3,(H,38,39)/t23-,27-,28-/m0/s1. The van der Waals surface area contributed by atoms with Gasteiger partial charge in [-0.3, -0.25) is 9.69 Å². The van der Waals surface area contributed by atoms with E-state index in [2.05, 4.69) is 34.9 Å². The molecule has 0 aliphatic carbocycles. The first-order valence-corrected chi connectivity index (χ1v) is 15.1. The van der Waals surface area contributed by atoms with Gasteiger partial charge < -0.3 is 24.2 Å². The van der Waals surface area contributed by atoms with E-state index in [-0.39, 0.29) is 17.9 Å². The predicted molar refractivity (Wildman–Crippen MR) is 162 cm³/mol. The fourth-order valence-electron chi connectivity index (χ4n) is 6.62. The maximum atomic E-state index is 11.6. The third-order valence-electron chi connectivity index (χ3n) is 9.05. The highest BCUT2D eigenvalue weighted by Crippen LogP contribution is 2.33. The number of carboxylic acid groups (broad SMARTS) is 1. The van der Waals surface area contributed by atoms with Crippen molar-refractivity contribution in [2.24, 2.45) is 11.8 Å². The third kappa shape index (κ3) is 6.31. The molecule has 8 nitrogen and oxygen atoms in total. The van der Waals surface area contributed by atoms with E-state index in [1.165, 1.54) is 22.3 Å². The fraction of sp³-hybridized carbons (Fsp3) is 0.471. The van der Waals surface area contributed by atoms with Crippen molar-refractivity contribution in [3.05, 3.63) is 76.9 Å². The van der Waals surface area contributed by atoms with E-state index in [1.54, 1.807) is 0 Å². The molecular formula is C34H41N3O5. The Bertz CT molecular complexity index is 1410. The molecule has 8 heteroatoms. The summed E-state index contributed by atoms with van der Waals surface area (Å²) in [6.07, 6.45) is 1.82. The van der Waals surface area contributed by atoms with Crippen LogP contribution in [-0.4, -0.2) is 73.1 Å². The highest BCUT2D eigenvalue weighted by atomic mass is 16.6. The summed E-state index contributed by atoms with van der Waals surface area (Å²) in [5.41, 5.74) is 7.16. The summed E-state index contributed by atoms with van der Waals surface area (Å²) in [5.74, 6) is 0.751. The van der Waals surface area contributed by atoms with E-state index in [0.29, 0.717) is 45.9 Å². The molecule has 1 N–H and O–H groups in total. The Morgan fingerprint density at radius 3 is 2.79 bits per heavy atom. The Balaban J connectivity index is 1.13. The van der Waals surface area contributed by atoms with Gasteiger partial charge in [-0.05, 0) is 72.2 Å². The van der Waals surface area contributed by atoms with Crippen LogP contribution >= 0.6 is 0 Å². The van der Waals surface area contributed by atoms with Crippen LogP contribution in [0, 0.1) is 18.8 Å². The molecule has 4 heterocycles. The molecule has 2 fully saturated rings. The molecule has 2 aromatic carbocycles. The monoisotopic (exact) mass is 571 g/mol. The number of benzene rings is 2. The molecule has 0 unspecified atom stereocenters. The maximum Gasteiger partial charge on any atom is 0.306 e. The zero-order valence-corrected chi connectivity index (χ0v) is 24.6. The minimum absolute atomic E-state index is 0.0702. The van der Waals surface area contributed by atoms with Crippen LogP contribution in [0.1, 0.15) is 35.6 Å². The second-order valence-electron chi connectivity index (χ2n) is 11.9. The van der Waals surface area contributed by atoms with Gasteiger partial charge in [0.15, 0.2) is 0 Å². The Labute approximate surface area is 248 Å². The van der Waals surface area contributed by atoms with E-state index in [0.717, 1.165) is 48.9 Å². The fourth-order valence-corrected chi connectivity index (χ4v) is 6.62. The SMILES string of the molecule is Cc1c(COc2ccccc2-c2cccc(N3CC[C@H](C(=O)O)[C@@H](C)C3)n2)ccc2c1CCN(C[C@H]1COCCO1)C2. The number of fused-ring (bicyclic) bond motifs is 1. The summed E-state index contributed by atoms with van der Waals surface area (Å²) in [6.45, 7) is 11.0. The third-order valence-corrected chi connectivity index (χ3v) is 9.05. The smallest absolute Gasteiger partial charge is 0.306 e. The van der Waals surface area contributed by atoms with Crippen molar-refractivity contribution in [2.75, 3.05) is 50.9 Å². The van der Waals surface area contributed by atoms with Crippen LogP contribution in [0.25, 0.3) is 11.3 Å². The maximum absolute atomic E-state index is 11.6. The Hall–Kier alpha value is -3.46. The number of hydrogen-bond donors (Lipinski definition) is 1. The van der Waals surface area contributed by atoms with Gasteiger partial charge in [0.2, 0.25) is 0 Å². The van der Waals surface area contributed by atoms with Crippen LogP contribution in [0.2, 0.25) is 0 Å². The number of aliphatic carboxylic acids is 1. The van der Waals surface area contributed by atoms with Crippen LogP contribution in [0.5, 0.6) is 5.75 Å². The van der Waals surface area contributed by atoms with E-state index < -0.39 is 5.97 Å². The molecule has 0 spiro atoms. The first-order valence-electron chi connectivity index (χ1n) is 15.1. The van der Waals surface area contributed by atoms with E-state index >= 15 is 0 Å². The van der Waals surface area contributed by atoms with Gasteiger partial charge in [0.05, 0.1) is 37.5 Å². The summed E-state index contributed by atoms with van der Waals surface area (Å²) < 4.78 is 17.9. The zero-order valence-electron chi connectivity index (χ0n) is 24.6. The predicted octanol–water partition coefficient (Wildman–Crippen LogP) is 4.96. The van der Waals surface area contributed by atoms with Crippen LogP contribution < -0.4 is 9.64 Å². The van der Waals surface area contributed by atoms with Gasteiger partial charge in [0, 0.05) is 38.3 Å². The Kier molecular flexibility index (Phi) is 8.74. The first-order chi connectivity index (χ1) is 20.5. The summed E-state index contributed by atoms with van der Waals surface area (Å²) in [4.78, 5) is 21.2. The van der Waals surface area contributed by atoms with E-state index in [1.807, 2.05) is 43.3 Å².